The van der Waals surface area contributed by atoms with Crippen molar-refractivity contribution in [2.75, 3.05) is 5.32 Å². The lowest BCUT2D eigenvalue weighted by molar-refractivity contribution is -0.110. The molecule has 2 aromatic carbocycles. The fourth-order valence-corrected chi connectivity index (χ4v) is 2.80. The number of nitrogens with zero attached hydrogens (tertiary/aromatic N) is 1. The van der Waals surface area contributed by atoms with Crippen molar-refractivity contribution in [2.45, 2.75) is 0 Å². The molecule has 0 unspecified atom stereocenters. The Bertz CT molecular complexity index is 964. The van der Waals surface area contributed by atoms with Gasteiger partial charge in [0.05, 0.1) is 0 Å². The zero-order chi connectivity index (χ0) is 16.5. The summed E-state index contributed by atoms with van der Waals surface area (Å²) in [6.07, 6.45) is 5.07. The number of nitrogens with one attached hydrogen (secondary N) is 1. The molecule has 24 heavy (non-hydrogen) atoms. The van der Waals surface area contributed by atoms with Crippen molar-refractivity contribution in [2.24, 2.45) is 0 Å². The number of carbonyl (C=O) groups is 1. The maximum Gasteiger partial charge on any atom is 0.256 e. The van der Waals surface area contributed by atoms with Crippen LogP contribution in [-0.4, -0.2) is 10.9 Å². The molecule has 1 aliphatic rings. The van der Waals surface area contributed by atoms with E-state index in [4.69, 9.17) is 0 Å². The number of amides is 1. The van der Waals surface area contributed by atoms with E-state index in [1.54, 1.807) is 36.7 Å². The van der Waals surface area contributed by atoms with Crippen LogP contribution < -0.4 is 5.32 Å². The highest BCUT2D eigenvalue weighted by Gasteiger charge is 2.24. The average Bonchev–Trinajstić information content (AvgIpc) is 2.92. The van der Waals surface area contributed by atoms with E-state index in [0.717, 1.165) is 22.4 Å². The quantitative estimate of drug-likeness (QED) is 0.713. The van der Waals surface area contributed by atoms with Gasteiger partial charge in [0.1, 0.15) is 5.82 Å². The molecular formula is C20H13FN2O. The Morgan fingerprint density at radius 2 is 1.88 bits per heavy atom. The van der Waals surface area contributed by atoms with Gasteiger partial charge in [-0.1, -0.05) is 36.4 Å². The number of benzene rings is 2. The fourth-order valence-electron chi connectivity index (χ4n) is 2.80. The Balaban J connectivity index is 1.78. The van der Waals surface area contributed by atoms with Crippen LogP contribution in [0.4, 0.5) is 10.1 Å². The van der Waals surface area contributed by atoms with Gasteiger partial charge in [-0.15, -0.1) is 0 Å². The summed E-state index contributed by atoms with van der Waals surface area (Å²) in [5.41, 5.74) is 4.30. The highest BCUT2D eigenvalue weighted by molar-refractivity contribution is 6.35. The second-order valence-corrected chi connectivity index (χ2v) is 5.54. The molecule has 4 heteroatoms. The highest BCUT2D eigenvalue weighted by atomic mass is 19.1. The largest absolute Gasteiger partial charge is 0.321 e. The van der Waals surface area contributed by atoms with Crippen molar-refractivity contribution < 1.29 is 9.18 Å². The lowest BCUT2D eigenvalue weighted by atomic mass is 10.00. The molecule has 3 aromatic rings. The first-order valence-corrected chi connectivity index (χ1v) is 7.55. The number of halogens is 1. The van der Waals surface area contributed by atoms with Gasteiger partial charge < -0.3 is 5.32 Å². The van der Waals surface area contributed by atoms with Gasteiger partial charge in [0.2, 0.25) is 0 Å². The fraction of sp³-hybridized carbons (Fsp3) is 0. The molecule has 116 valence electrons. The van der Waals surface area contributed by atoms with Crippen molar-refractivity contribution in [3.8, 4) is 11.1 Å². The minimum absolute atomic E-state index is 0.225. The summed E-state index contributed by atoms with van der Waals surface area (Å²) in [6, 6.07) is 15.9. The number of aromatic nitrogens is 1. The molecule has 0 spiro atoms. The number of anilines is 1. The molecule has 1 N–H and O–H groups in total. The van der Waals surface area contributed by atoms with E-state index in [-0.39, 0.29) is 11.7 Å². The van der Waals surface area contributed by atoms with E-state index < -0.39 is 0 Å². The van der Waals surface area contributed by atoms with Crippen molar-refractivity contribution in [3.63, 3.8) is 0 Å². The van der Waals surface area contributed by atoms with Gasteiger partial charge in [-0.2, -0.15) is 0 Å². The molecule has 0 atom stereocenters. The van der Waals surface area contributed by atoms with Gasteiger partial charge >= 0.3 is 0 Å². The Labute approximate surface area is 138 Å². The third kappa shape index (κ3) is 2.48. The van der Waals surface area contributed by atoms with E-state index in [1.165, 1.54) is 6.07 Å². The number of hydrogen-bond donors (Lipinski definition) is 1. The van der Waals surface area contributed by atoms with Gasteiger partial charge in [-0.05, 0) is 29.8 Å². The Morgan fingerprint density at radius 3 is 2.67 bits per heavy atom. The Kier molecular flexibility index (Phi) is 3.43. The van der Waals surface area contributed by atoms with Gasteiger partial charge in [0, 0.05) is 40.3 Å². The summed E-state index contributed by atoms with van der Waals surface area (Å²) in [5, 5.41) is 2.85. The minimum atomic E-state index is -0.349. The van der Waals surface area contributed by atoms with E-state index in [9.17, 15) is 9.18 Å². The predicted octanol–water partition coefficient (Wildman–Crippen LogP) is 4.38. The molecule has 0 bridgehead atoms. The van der Waals surface area contributed by atoms with E-state index in [2.05, 4.69) is 10.3 Å². The molecule has 1 aromatic heterocycles. The van der Waals surface area contributed by atoms with E-state index in [0.29, 0.717) is 11.1 Å². The van der Waals surface area contributed by atoms with Crippen LogP contribution in [0.5, 0.6) is 0 Å². The molecule has 2 heterocycles. The summed E-state index contributed by atoms with van der Waals surface area (Å²) >= 11 is 0. The van der Waals surface area contributed by atoms with Gasteiger partial charge in [0.15, 0.2) is 0 Å². The van der Waals surface area contributed by atoms with Crippen LogP contribution >= 0.6 is 0 Å². The maximum atomic E-state index is 13.8. The summed E-state index contributed by atoms with van der Waals surface area (Å²) in [5.74, 6) is -0.574. The van der Waals surface area contributed by atoms with Gasteiger partial charge in [0.25, 0.3) is 5.91 Å². The summed E-state index contributed by atoms with van der Waals surface area (Å²) in [7, 11) is 0. The standard InChI is InChI=1S/C20H13FN2O/c21-18-6-2-1-4-14(18)10-17-16-8-7-13(11-19(16)23-20(17)24)15-5-3-9-22-12-15/h1-12H,(H,23,24). The SMILES string of the molecule is O=C1Nc2cc(-c3cccnc3)ccc2C1=Cc1ccccc1F. The lowest BCUT2D eigenvalue weighted by Gasteiger charge is -2.04. The Morgan fingerprint density at radius 1 is 1.00 bits per heavy atom. The third-order valence-corrected chi connectivity index (χ3v) is 4.00. The molecule has 4 rings (SSSR count). The van der Waals surface area contributed by atoms with Crippen molar-refractivity contribution >= 4 is 23.2 Å². The summed E-state index contributed by atoms with van der Waals surface area (Å²) < 4.78 is 13.8. The molecule has 0 saturated heterocycles. The number of hydrogen-bond acceptors (Lipinski definition) is 2. The molecular weight excluding hydrogens is 303 g/mol. The highest BCUT2D eigenvalue weighted by Crippen LogP contribution is 2.36. The molecule has 0 radical (unpaired) electrons. The normalized spacial score (nSPS) is 14.5. The zero-order valence-corrected chi connectivity index (χ0v) is 12.7. The monoisotopic (exact) mass is 316 g/mol. The molecule has 0 aliphatic carbocycles. The van der Waals surface area contributed by atoms with Crippen LogP contribution in [0, 0.1) is 5.82 Å². The first kappa shape index (κ1) is 14.3. The van der Waals surface area contributed by atoms with Crippen molar-refractivity contribution in [1.29, 1.82) is 0 Å². The van der Waals surface area contributed by atoms with E-state index in [1.807, 2.05) is 30.3 Å². The smallest absolute Gasteiger partial charge is 0.256 e. The minimum Gasteiger partial charge on any atom is -0.321 e. The third-order valence-electron chi connectivity index (χ3n) is 4.00. The van der Waals surface area contributed by atoms with Crippen molar-refractivity contribution in [3.05, 3.63) is 83.9 Å². The summed E-state index contributed by atoms with van der Waals surface area (Å²) in [6.45, 7) is 0. The molecule has 3 nitrogen and oxygen atoms in total. The molecule has 1 amide bonds. The van der Waals surface area contributed by atoms with Crippen molar-refractivity contribution in [1.82, 2.24) is 4.98 Å². The summed E-state index contributed by atoms with van der Waals surface area (Å²) in [4.78, 5) is 16.4. The van der Waals surface area contributed by atoms with Crippen LogP contribution in [0.1, 0.15) is 11.1 Å². The molecule has 0 fully saturated rings. The van der Waals surface area contributed by atoms with Crippen LogP contribution in [0.15, 0.2) is 67.0 Å². The second-order valence-electron chi connectivity index (χ2n) is 5.54. The van der Waals surface area contributed by atoms with E-state index >= 15 is 0 Å². The average molecular weight is 316 g/mol. The van der Waals surface area contributed by atoms with Crippen LogP contribution in [-0.2, 0) is 4.79 Å². The molecule has 0 saturated carbocycles. The maximum absolute atomic E-state index is 13.8. The number of pyridine rings is 1. The van der Waals surface area contributed by atoms with Crippen LogP contribution in [0.25, 0.3) is 22.8 Å². The first-order chi connectivity index (χ1) is 11.7. The first-order valence-electron chi connectivity index (χ1n) is 7.55. The zero-order valence-electron chi connectivity index (χ0n) is 12.7. The number of fused-ring (bicyclic) bond motifs is 1. The number of carbonyl (C=O) groups excluding carboxylic acids is 1. The number of rotatable bonds is 2. The lowest BCUT2D eigenvalue weighted by Crippen LogP contribution is -2.03. The van der Waals surface area contributed by atoms with Gasteiger partial charge in [-0.25, -0.2) is 4.39 Å². The van der Waals surface area contributed by atoms with Gasteiger partial charge in [-0.3, -0.25) is 9.78 Å². The second kappa shape index (κ2) is 5.74. The van der Waals surface area contributed by atoms with Crippen LogP contribution in [0.2, 0.25) is 0 Å². The Hall–Kier alpha value is -3.27. The van der Waals surface area contributed by atoms with Crippen LogP contribution in [0.3, 0.4) is 0 Å². The molecule has 1 aliphatic heterocycles. The predicted molar refractivity (Wildman–Crippen MR) is 92.6 cm³/mol. The topological polar surface area (TPSA) is 42.0 Å².